The van der Waals surface area contributed by atoms with Crippen LogP contribution in [-0.4, -0.2) is 109 Å². The summed E-state index contributed by atoms with van der Waals surface area (Å²) in [4.78, 5) is 92.1. The summed E-state index contributed by atoms with van der Waals surface area (Å²) < 4.78 is 0. The van der Waals surface area contributed by atoms with Gasteiger partial charge in [0.1, 0.15) is 34.2 Å². The molecule has 3 aromatic heterocycles. The van der Waals surface area contributed by atoms with E-state index >= 15 is 0 Å². The summed E-state index contributed by atoms with van der Waals surface area (Å²) in [6.45, 7) is 14.5. The molecule has 0 spiro atoms. The maximum atomic E-state index is 14.1. The highest BCUT2D eigenvalue weighted by atomic mass is 35.5. The number of carbonyl (C=O) groups is 5. The maximum absolute atomic E-state index is 14.1. The number of nitrogens with zero attached hydrogens (tertiary/aromatic N) is 7. The number of carbonyl (C=O) groups excluding carboxylic acids is 5. The zero-order chi connectivity index (χ0) is 53.6. The van der Waals surface area contributed by atoms with Crippen molar-refractivity contribution >= 4 is 86.1 Å². The standard InChI is InChI=1S/C56H73ClN10O6S2/c1-36-17-16-19-44(57)50(36)64-53(72)46-33-59-55(75-46)63-47-31-48(62-38(3)61-47)65-25-27-66(28-26-65)49(70)20-15-13-11-9-7-8-10-12-14-18-41(68)29-43(56(4,5)6)54(73)67-34-42(69)30-45(67)52(71)58-32-39-21-23-40(24-22-39)51-37(2)60-35-74-51/h16-17,19,21-24,31,33,35,42-43,45,69H,7-15,18,20,25-30,32,34H2,1-6H3,(H,58,71)(H,64,72)(H,59,61,62,63)/t42-,43-,45+/m1/s1. The number of para-hydroxylation sites is 1. The highest BCUT2D eigenvalue weighted by molar-refractivity contribution is 7.17. The number of β-amino-alcohol motifs (C(OH)–C–C–N with tert-alkyl or cyclic N) is 1. The van der Waals surface area contributed by atoms with Crippen molar-refractivity contribution in [1.29, 1.82) is 0 Å². The summed E-state index contributed by atoms with van der Waals surface area (Å²) in [5.74, 6) is 0.719. The van der Waals surface area contributed by atoms with Gasteiger partial charge in [-0.1, -0.05) is 125 Å². The zero-order valence-corrected chi connectivity index (χ0v) is 46.6. The molecule has 402 valence electrons. The molecular formula is C56H73ClN10O6S2. The Morgan fingerprint density at radius 1 is 0.853 bits per heavy atom. The average molecular weight is 1080 g/mol. The van der Waals surface area contributed by atoms with E-state index in [-0.39, 0.29) is 48.8 Å². The number of amides is 4. The third-order valence-electron chi connectivity index (χ3n) is 14.1. The number of ketones is 1. The summed E-state index contributed by atoms with van der Waals surface area (Å²) in [5.41, 5.74) is 5.73. The van der Waals surface area contributed by atoms with E-state index < -0.39 is 23.5 Å². The van der Waals surface area contributed by atoms with Crippen LogP contribution >= 0.6 is 34.3 Å². The average Bonchev–Trinajstić information content (AvgIpc) is 4.14. The first kappa shape index (κ1) is 56.9. The van der Waals surface area contributed by atoms with E-state index in [0.717, 1.165) is 90.9 Å². The van der Waals surface area contributed by atoms with Crippen molar-refractivity contribution in [2.45, 2.75) is 144 Å². The molecule has 2 aliphatic rings. The first-order valence-electron chi connectivity index (χ1n) is 26.4. The minimum absolute atomic E-state index is 0.0544. The number of benzene rings is 2. The van der Waals surface area contributed by atoms with Crippen LogP contribution in [0.2, 0.25) is 5.02 Å². The van der Waals surface area contributed by atoms with Gasteiger partial charge in [-0.25, -0.2) is 19.9 Å². The van der Waals surface area contributed by atoms with Crippen molar-refractivity contribution in [3.8, 4) is 10.4 Å². The molecule has 7 rings (SSSR count). The lowest BCUT2D eigenvalue weighted by Gasteiger charge is -2.35. The molecule has 0 unspecified atom stereocenters. The molecule has 0 saturated carbocycles. The third kappa shape index (κ3) is 16.1. The van der Waals surface area contributed by atoms with E-state index in [9.17, 15) is 29.1 Å². The van der Waals surface area contributed by atoms with Crippen LogP contribution in [-0.2, 0) is 25.7 Å². The molecule has 19 heteroatoms. The number of hydrogen-bond acceptors (Lipinski definition) is 14. The quantitative estimate of drug-likeness (QED) is 0.0427. The van der Waals surface area contributed by atoms with Crippen LogP contribution < -0.4 is 20.9 Å². The van der Waals surface area contributed by atoms with Gasteiger partial charge < -0.3 is 35.8 Å². The van der Waals surface area contributed by atoms with Crippen LogP contribution in [0.1, 0.15) is 137 Å². The van der Waals surface area contributed by atoms with E-state index in [0.29, 0.717) is 77.9 Å². The summed E-state index contributed by atoms with van der Waals surface area (Å²) >= 11 is 9.11. The Bertz CT molecular complexity index is 2730. The number of aromatic nitrogens is 4. The lowest BCUT2D eigenvalue weighted by atomic mass is 9.76. The van der Waals surface area contributed by atoms with E-state index in [1.807, 2.05) is 94.4 Å². The van der Waals surface area contributed by atoms with Crippen LogP contribution in [0.3, 0.4) is 0 Å². The number of aryl methyl sites for hydroxylation is 3. The lowest BCUT2D eigenvalue weighted by Crippen LogP contribution is -2.50. The predicted octanol–water partition coefficient (Wildman–Crippen LogP) is 10.5. The SMILES string of the molecule is Cc1nc(Nc2ncc(C(=O)Nc3c(C)cccc3Cl)s2)cc(N2CCN(C(=O)CCCCCCCCCCCC(=O)C[C@H](C(=O)N3C[C@H](O)C[C@H]3C(=O)NCc3ccc(-c4scnc4C)cc3)C(C)(C)C)CC2)n1. The number of likely N-dealkylation sites (tertiary alicyclic amines) is 1. The summed E-state index contributed by atoms with van der Waals surface area (Å²) in [7, 11) is 0. The fraction of sp³-hybridized carbons (Fsp3) is 0.518. The van der Waals surface area contributed by atoms with Gasteiger partial charge in [0.25, 0.3) is 5.91 Å². The van der Waals surface area contributed by atoms with Gasteiger partial charge in [0.05, 0.1) is 39.1 Å². The van der Waals surface area contributed by atoms with E-state index in [2.05, 4.69) is 40.8 Å². The van der Waals surface area contributed by atoms with Crippen molar-refractivity contribution in [2.24, 2.45) is 11.3 Å². The van der Waals surface area contributed by atoms with Gasteiger partial charge in [-0.2, -0.15) is 0 Å². The van der Waals surface area contributed by atoms with Gasteiger partial charge in [0.2, 0.25) is 17.7 Å². The number of piperazine rings is 1. The molecule has 5 aromatic rings. The minimum atomic E-state index is -0.808. The molecule has 4 N–H and O–H groups in total. The Balaban J connectivity index is 0.736. The summed E-state index contributed by atoms with van der Waals surface area (Å²) in [5, 5.41) is 20.7. The number of aliphatic hydroxyl groups is 1. The van der Waals surface area contributed by atoms with Gasteiger partial charge in [-0.15, -0.1) is 11.3 Å². The number of hydrogen-bond donors (Lipinski definition) is 4. The van der Waals surface area contributed by atoms with Crippen LogP contribution in [0.25, 0.3) is 10.4 Å². The summed E-state index contributed by atoms with van der Waals surface area (Å²) in [6, 6.07) is 14.5. The molecule has 0 aliphatic carbocycles. The molecular weight excluding hydrogens is 1010 g/mol. The fourth-order valence-corrected chi connectivity index (χ4v) is 11.5. The molecule has 0 bridgehead atoms. The van der Waals surface area contributed by atoms with Gasteiger partial charge in [-0.05, 0) is 61.8 Å². The fourth-order valence-electron chi connectivity index (χ4n) is 9.73. The highest BCUT2D eigenvalue weighted by Gasteiger charge is 2.44. The Kier molecular flexibility index (Phi) is 20.3. The molecule has 16 nitrogen and oxygen atoms in total. The molecule has 75 heavy (non-hydrogen) atoms. The molecule has 3 atom stereocenters. The second-order valence-electron chi connectivity index (χ2n) is 21.0. The van der Waals surface area contributed by atoms with Crippen molar-refractivity contribution in [3.05, 3.63) is 92.8 Å². The van der Waals surface area contributed by atoms with Crippen LogP contribution in [0.4, 0.5) is 22.5 Å². The Labute approximate surface area is 454 Å². The number of rotatable bonds is 24. The van der Waals surface area contributed by atoms with Crippen molar-refractivity contribution < 1.29 is 29.1 Å². The number of halogens is 1. The zero-order valence-electron chi connectivity index (χ0n) is 44.3. The van der Waals surface area contributed by atoms with Crippen molar-refractivity contribution in [1.82, 2.24) is 35.1 Å². The van der Waals surface area contributed by atoms with Crippen LogP contribution in [0.15, 0.2) is 60.2 Å². The molecule has 2 saturated heterocycles. The van der Waals surface area contributed by atoms with Gasteiger partial charge in [0.15, 0.2) is 5.13 Å². The van der Waals surface area contributed by atoms with Gasteiger partial charge in [0, 0.05) is 76.9 Å². The maximum Gasteiger partial charge on any atom is 0.267 e. The molecule has 2 aromatic carbocycles. The predicted molar refractivity (Wildman–Crippen MR) is 299 cm³/mol. The topological polar surface area (TPSA) is 203 Å². The Morgan fingerprint density at radius 2 is 1.53 bits per heavy atom. The normalized spacial score (nSPS) is 16.2. The van der Waals surface area contributed by atoms with Gasteiger partial charge >= 0.3 is 0 Å². The first-order chi connectivity index (χ1) is 35.9. The molecule has 0 radical (unpaired) electrons. The third-order valence-corrected chi connectivity index (χ3v) is 16.3. The number of Topliss-reactive ketones (excluding diaryl/α,β-unsaturated/α-hetero) is 1. The Morgan fingerprint density at radius 3 is 2.19 bits per heavy atom. The number of nitrogens with one attached hydrogen (secondary N) is 3. The van der Waals surface area contributed by atoms with E-state index in [1.54, 1.807) is 17.4 Å². The second-order valence-corrected chi connectivity index (χ2v) is 23.3. The molecule has 4 amide bonds. The number of aliphatic hydroxyl groups excluding tert-OH is 1. The van der Waals surface area contributed by atoms with Crippen LogP contribution in [0.5, 0.6) is 0 Å². The highest BCUT2D eigenvalue weighted by Crippen LogP contribution is 2.35. The number of unbranched alkanes of at least 4 members (excludes halogenated alkanes) is 8. The monoisotopic (exact) mass is 1080 g/mol. The van der Waals surface area contributed by atoms with Gasteiger partial charge in [-0.3, -0.25) is 24.0 Å². The largest absolute Gasteiger partial charge is 0.391 e. The van der Waals surface area contributed by atoms with E-state index in [4.69, 9.17) is 11.6 Å². The second kappa shape index (κ2) is 26.8. The lowest BCUT2D eigenvalue weighted by molar-refractivity contribution is -0.146. The number of anilines is 4. The first-order valence-corrected chi connectivity index (χ1v) is 28.5. The Hall–Kier alpha value is -5.82. The van der Waals surface area contributed by atoms with E-state index in [1.165, 1.54) is 22.4 Å². The number of thiazole rings is 2. The van der Waals surface area contributed by atoms with Crippen molar-refractivity contribution in [2.75, 3.05) is 48.3 Å². The summed E-state index contributed by atoms with van der Waals surface area (Å²) in [6.07, 6.45) is 11.0. The smallest absolute Gasteiger partial charge is 0.267 e. The molecule has 5 heterocycles. The molecule has 2 aliphatic heterocycles. The van der Waals surface area contributed by atoms with Crippen molar-refractivity contribution in [3.63, 3.8) is 0 Å². The molecule has 2 fully saturated rings. The van der Waals surface area contributed by atoms with Crippen LogP contribution in [0, 0.1) is 32.1 Å². The minimum Gasteiger partial charge on any atom is -0.391 e.